The van der Waals surface area contributed by atoms with E-state index in [0.717, 1.165) is 65.7 Å². The second-order valence-electron chi connectivity index (χ2n) is 9.67. The number of carbonyl (C=O) groups is 2. The summed E-state index contributed by atoms with van der Waals surface area (Å²) >= 11 is 0. The number of hydrogen-bond acceptors (Lipinski definition) is 3. The number of benzene rings is 2. The predicted molar refractivity (Wildman–Crippen MR) is 134 cm³/mol. The number of carbonyl (C=O) groups excluding carboxylic acids is 2. The molecule has 1 aromatic heterocycles. The largest absolute Gasteiger partial charge is 0.347 e. The zero-order valence-electron chi connectivity index (χ0n) is 19.7. The van der Waals surface area contributed by atoms with Gasteiger partial charge in [0.15, 0.2) is 11.6 Å². The minimum atomic E-state index is -0.254. The van der Waals surface area contributed by atoms with E-state index in [4.69, 9.17) is 0 Å². The molecule has 1 aliphatic heterocycles. The first-order valence-electron chi connectivity index (χ1n) is 12.6. The third-order valence-corrected chi connectivity index (χ3v) is 7.74. The fraction of sp³-hybridized carbons (Fsp3) is 0.333. The molecule has 0 fully saturated rings. The molecule has 172 valence electrons. The van der Waals surface area contributed by atoms with Gasteiger partial charge in [-0.15, -0.1) is 0 Å². The smallest absolute Gasteiger partial charge is 0.161 e. The molecule has 2 heterocycles. The van der Waals surface area contributed by atoms with E-state index in [-0.39, 0.29) is 17.5 Å². The summed E-state index contributed by atoms with van der Waals surface area (Å²) in [5, 5.41) is 1.15. The average Bonchev–Trinajstić information content (AvgIpc) is 3.24. The zero-order valence-corrected chi connectivity index (χ0v) is 19.7. The molecule has 0 unspecified atom stereocenters. The topological polar surface area (TPSA) is 42.3 Å². The number of para-hydroxylation sites is 1. The van der Waals surface area contributed by atoms with Crippen molar-refractivity contribution in [3.63, 3.8) is 0 Å². The van der Waals surface area contributed by atoms with Crippen LogP contribution in [0.5, 0.6) is 0 Å². The maximum Gasteiger partial charge on any atom is 0.161 e. The molecule has 0 bridgehead atoms. The van der Waals surface area contributed by atoms with Crippen molar-refractivity contribution in [2.45, 2.75) is 64.5 Å². The molecule has 0 radical (unpaired) electrons. The number of nitrogens with zero attached hydrogens (tertiary/aromatic N) is 2. The molecule has 0 atom stereocenters. The van der Waals surface area contributed by atoms with Crippen LogP contribution in [0.25, 0.3) is 10.9 Å². The second-order valence-corrected chi connectivity index (χ2v) is 9.67. The van der Waals surface area contributed by atoms with Crippen LogP contribution in [-0.4, -0.2) is 21.0 Å². The van der Waals surface area contributed by atoms with Crippen LogP contribution in [0.4, 0.5) is 0 Å². The van der Waals surface area contributed by atoms with Crippen molar-refractivity contribution in [3.05, 3.63) is 94.5 Å². The zero-order chi connectivity index (χ0) is 23.2. The van der Waals surface area contributed by atoms with Crippen LogP contribution in [0.1, 0.15) is 62.5 Å². The fourth-order valence-corrected chi connectivity index (χ4v) is 6.25. The van der Waals surface area contributed by atoms with Crippen LogP contribution < -0.4 is 0 Å². The van der Waals surface area contributed by atoms with Crippen LogP contribution in [0.15, 0.2) is 83.3 Å². The molecular weight excluding hydrogens is 420 g/mol. The quantitative estimate of drug-likeness (QED) is 0.470. The van der Waals surface area contributed by atoms with Gasteiger partial charge in [-0.25, -0.2) is 0 Å². The molecule has 34 heavy (non-hydrogen) atoms. The third-order valence-electron chi connectivity index (χ3n) is 7.74. The van der Waals surface area contributed by atoms with Crippen molar-refractivity contribution in [2.75, 3.05) is 0 Å². The SMILES string of the molecule is CCn1cc(C2C3=C(CCCC3=O)N(Cc3ccccc3)C3=C2C(=O)CCC3)c2ccccc21. The molecule has 0 spiro atoms. The fourth-order valence-electron chi connectivity index (χ4n) is 6.25. The van der Waals surface area contributed by atoms with E-state index < -0.39 is 0 Å². The molecule has 3 aliphatic rings. The lowest BCUT2D eigenvalue weighted by Gasteiger charge is -2.44. The van der Waals surface area contributed by atoms with Crippen molar-refractivity contribution < 1.29 is 9.59 Å². The van der Waals surface area contributed by atoms with Gasteiger partial charge < -0.3 is 9.47 Å². The Hall–Kier alpha value is -3.40. The minimum Gasteiger partial charge on any atom is -0.347 e. The van der Waals surface area contributed by atoms with Gasteiger partial charge in [0, 0.05) is 71.5 Å². The Morgan fingerprint density at radius 2 is 1.41 bits per heavy atom. The summed E-state index contributed by atoms with van der Waals surface area (Å²) in [6, 6.07) is 18.8. The van der Waals surface area contributed by atoms with Crippen LogP contribution >= 0.6 is 0 Å². The number of fused-ring (bicyclic) bond motifs is 1. The van der Waals surface area contributed by atoms with Gasteiger partial charge in [-0.2, -0.15) is 0 Å². The van der Waals surface area contributed by atoms with E-state index in [1.54, 1.807) is 0 Å². The van der Waals surface area contributed by atoms with Gasteiger partial charge in [0.2, 0.25) is 0 Å². The Morgan fingerprint density at radius 1 is 0.794 bits per heavy atom. The Labute approximate surface area is 200 Å². The van der Waals surface area contributed by atoms with Gasteiger partial charge in [0.05, 0.1) is 0 Å². The number of hydrogen-bond donors (Lipinski definition) is 0. The van der Waals surface area contributed by atoms with Gasteiger partial charge in [-0.3, -0.25) is 9.59 Å². The first-order valence-corrected chi connectivity index (χ1v) is 12.6. The Morgan fingerprint density at radius 3 is 2.06 bits per heavy atom. The summed E-state index contributed by atoms with van der Waals surface area (Å²) in [6.45, 7) is 3.71. The minimum absolute atomic E-state index is 0.211. The molecule has 0 N–H and O–H groups in total. The summed E-state index contributed by atoms with van der Waals surface area (Å²) in [5.74, 6) is 0.167. The average molecular weight is 451 g/mol. The lowest BCUT2D eigenvalue weighted by molar-refractivity contribution is -0.117. The highest BCUT2D eigenvalue weighted by atomic mass is 16.1. The van der Waals surface area contributed by atoms with Gasteiger partial charge in [-0.1, -0.05) is 48.5 Å². The van der Waals surface area contributed by atoms with Gasteiger partial charge >= 0.3 is 0 Å². The van der Waals surface area contributed by atoms with Crippen molar-refractivity contribution in [1.29, 1.82) is 0 Å². The molecule has 0 amide bonds. The highest BCUT2D eigenvalue weighted by Crippen LogP contribution is 2.51. The van der Waals surface area contributed by atoms with Crippen molar-refractivity contribution >= 4 is 22.5 Å². The first-order chi connectivity index (χ1) is 16.7. The Balaban J connectivity index is 1.60. The Bertz CT molecular complexity index is 1310. The predicted octanol–water partition coefficient (Wildman–Crippen LogP) is 6.27. The summed E-state index contributed by atoms with van der Waals surface area (Å²) in [4.78, 5) is 29.5. The van der Waals surface area contributed by atoms with E-state index in [1.165, 1.54) is 11.1 Å². The number of allylic oxidation sites excluding steroid dienone is 4. The molecule has 0 saturated carbocycles. The highest BCUT2D eigenvalue weighted by Gasteiger charge is 2.44. The summed E-state index contributed by atoms with van der Waals surface area (Å²) < 4.78 is 2.25. The van der Waals surface area contributed by atoms with Crippen LogP contribution in [0.3, 0.4) is 0 Å². The molecule has 3 aromatic rings. The monoisotopic (exact) mass is 450 g/mol. The molecule has 6 rings (SSSR count). The molecule has 2 aromatic carbocycles. The number of ketones is 2. The van der Waals surface area contributed by atoms with E-state index >= 15 is 0 Å². The van der Waals surface area contributed by atoms with E-state index in [1.807, 2.05) is 6.07 Å². The summed E-state index contributed by atoms with van der Waals surface area (Å²) in [6.07, 6.45) is 6.87. The van der Waals surface area contributed by atoms with E-state index in [2.05, 4.69) is 71.1 Å². The third kappa shape index (κ3) is 3.27. The molecule has 0 saturated heterocycles. The highest BCUT2D eigenvalue weighted by molar-refractivity contribution is 6.07. The number of rotatable bonds is 4. The van der Waals surface area contributed by atoms with Crippen LogP contribution in [-0.2, 0) is 22.7 Å². The van der Waals surface area contributed by atoms with Crippen molar-refractivity contribution in [3.8, 4) is 0 Å². The number of aryl methyl sites for hydroxylation is 1. The van der Waals surface area contributed by atoms with Crippen LogP contribution in [0, 0.1) is 0 Å². The summed E-state index contributed by atoms with van der Waals surface area (Å²) in [5.41, 5.74) is 7.52. The number of aromatic nitrogens is 1. The molecule has 4 nitrogen and oxygen atoms in total. The van der Waals surface area contributed by atoms with E-state index in [9.17, 15) is 9.59 Å². The van der Waals surface area contributed by atoms with Gasteiger partial charge in [-0.05, 0) is 49.8 Å². The van der Waals surface area contributed by atoms with Crippen molar-refractivity contribution in [1.82, 2.24) is 9.47 Å². The molecule has 2 aliphatic carbocycles. The lowest BCUT2D eigenvalue weighted by Crippen LogP contribution is -2.38. The first kappa shape index (κ1) is 21.2. The van der Waals surface area contributed by atoms with Gasteiger partial charge in [0.1, 0.15) is 0 Å². The van der Waals surface area contributed by atoms with E-state index in [0.29, 0.717) is 19.4 Å². The second kappa shape index (κ2) is 8.43. The Kier molecular flexibility index (Phi) is 5.24. The number of Topliss-reactive ketones (excluding diaryl/α,β-unsaturated/α-hetero) is 2. The lowest BCUT2D eigenvalue weighted by atomic mass is 9.71. The standard InChI is InChI=1S/C30H30N2O2/c1-2-31-19-22(21-12-6-7-13-23(21)31)28-29-24(14-8-16-26(29)33)32(18-20-10-4-3-5-11-20)25-15-9-17-27(34)30(25)28/h3-7,10-13,19,28H,2,8-9,14-18H2,1H3. The summed E-state index contributed by atoms with van der Waals surface area (Å²) in [7, 11) is 0. The van der Waals surface area contributed by atoms with Crippen molar-refractivity contribution in [2.24, 2.45) is 0 Å². The van der Waals surface area contributed by atoms with Gasteiger partial charge in [0.25, 0.3) is 0 Å². The molecular formula is C30H30N2O2. The molecule has 4 heteroatoms. The maximum atomic E-state index is 13.6. The van der Waals surface area contributed by atoms with Crippen LogP contribution in [0.2, 0.25) is 0 Å². The normalized spacial score (nSPS) is 19.1. The maximum absolute atomic E-state index is 13.6.